The van der Waals surface area contributed by atoms with Crippen molar-refractivity contribution in [3.05, 3.63) is 53.7 Å². The van der Waals surface area contributed by atoms with Crippen LogP contribution in [0.1, 0.15) is 15.9 Å². The minimum Gasteiger partial charge on any atom is -0.435 e. The van der Waals surface area contributed by atoms with Gasteiger partial charge in [-0.2, -0.15) is 8.78 Å². The summed E-state index contributed by atoms with van der Waals surface area (Å²) >= 11 is 0. The monoisotopic (exact) mass is 278 g/mol. The zero-order valence-corrected chi connectivity index (χ0v) is 10.6. The molecule has 20 heavy (non-hydrogen) atoms. The van der Waals surface area contributed by atoms with Gasteiger partial charge >= 0.3 is 6.61 Å². The lowest BCUT2D eigenvalue weighted by Crippen LogP contribution is -2.13. The highest BCUT2D eigenvalue weighted by Gasteiger charge is 2.09. The Kier molecular flexibility index (Phi) is 4.24. The molecule has 0 unspecified atom stereocenters. The van der Waals surface area contributed by atoms with E-state index in [0.29, 0.717) is 11.4 Å². The smallest absolute Gasteiger partial charge is 0.387 e. The van der Waals surface area contributed by atoms with Crippen LogP contribution in [-0.4, -0.2) is 17.5 Å². The molecule has 0 bridgehead atoms. The van der Waals surface area contributed by atoms with Crippen molar-refractivity contribution in [3.63, 3.8) is 0 Å². The largest absolute Gasteiger partial charge is 0.435 e. The SMILES string of the molecule is Cc1cccnc1NC(=O)c1ccc(OC(F)F)cc1. The van der Waals surface area contributed by atoms with E-state index in [0.717, 1.165) is 5.56 Å². The molecule has 0 spiro atoms. The van der Waals surface area contributed by atoms with Gasteiger partial charge in [-0.15, -0.1) is 0 Å². The second-order valence-electron chi connectivity index (χ2n) is 4.03. The number of aromatic nitrogens is 1. The molecular formula is C14H12F2N2O2. The number of pyridine rings is 1. The van der Waals surface area contributed by atoms with Gasteiger partial charge in [0.15, 0.2) is 0 Å². The van der Waals surface area contributed by atoms with E-state index in [2.05, 4.69) is 15.0 Å². The lowest BCUT2D eigenvalue weighted by molar-refractivity contribution is -0.0498. The number of carbonyl (C=O) groups is 1. The summed E-state index contributed by atoms with van der Waals surface area (Å²) in [5.41, 5.74) is 1.16. The molecule has 1 amide bonds. The number of nitrogens with one attached hydrogen (secondary N) is 1. The van der Waals surface area contributed by atoms with Gasteiger partial charge < -0.3 is 10.1 Å². The number of halogens is 2. The molecule has 104 valence electrons. The van der Waals surface area contributed by atoms with Crippen molar-refractivity contribution in [3.8, 4) is 5.75 Å². The molecule has 2 rings (SSSR count). The number of hydrogen-bond acceptors (Lipinski definition) is 3. The summed E-state index contributed by atoms with van der Waals surface area (Å²) in [6.45, 7) is -1.06. The van der Waals surface area contributed by atoms with Crippen LogP contribution >= 0.6 is 0 Å². The summed E-state index contributed by atoms with van der Waals surface area (Å²) in [7, 11) is 0. The Bertz CT molecular complexity index is 600. The van der Waals surface area contributed by atoms with Crippen molar-refractivity contribution in [2.45, 2.75) is 13.5 Å². The molecule has 0 aliphatic carbocycles. The zero-order valence-electron chi connectivity index (χ0n) is 10.6. The highest BCUT2D eigenvalue weighted by atomic mass is 19.3. The highest BCUT2D eigenvalue weighted by Crippen LogP contribution is 2.16. The number of amides is 1. The molecule has 0 atom stereocenters. The van der Waals surface area contributed by atoms with Gasteiger partial charge in [0.2, 0.25) is 0 Å². The van der Waals surface area contributed by atoms with Crippen molar-refractivity contribution in [2.24, 2.45) is 0 Å². The van der Waals surface area contributed by atoms with Crippen LogP contribution in [-0.2, 0) is 0 Å². The van der Waals surface area contributed by atoms with Crippen LogP contribution in [0.25, 0.3) is 0 Å². The van der Waals surface area contributed by atoms with Crippen LogP contribution < -0.4 is 10.1 Å². The third kappa shape index (κ3) is 3.50. The van der Waals surface area contributed by atoms with E-state index >= 15 is 0 Å². The standard InChI is InChI=1S/C14H12F2N2O2/c1-9-3-2-8-17-12(9)18-13(19)10-4-6-11(7-5-10)20-14(15)16/h2-8,14H,1H3,(H,17,18,19). The molecule has 0 aliphatic rings. The fourth-order valence-corrected chi connectivity index (χ4v) is 1.58. The number of rotatable bonds is 4. The Hall–Kier alpha value is -2.50. The molecule has 0 fully saturated rings. The number of ether oxygens (including phenoxy) is 1. The summed E-state index contributed by atoms with van der Waals surface area (Å²) in [5.74, 6) is 0.103. The van der Waals surface area contributed by atoms with Crippen LogP contribution in [0.15, 0.2) is 42.6 Å². The molecule has 0 aliphatic heterocycles. The summed E-state index contributed by atoms with van der Waals surface area (Å²) < 4.78 is 28.2. The highest BCUT2D eigenvalue weighted by molar-refractivity contribution is 6.04. The molecule has 6 heteroatoms. The maximum Gasteiger partial charge on any atom is 0.387 e. The van der Waals surface area contributed by atoms with Crippen molar-refractivity contribution in [2.75, 3.05) is 5.32 Å². The van der Waals surface area contributed by atoms with Crippen molar-refractivity contribution < 1.29 is 18.3 Å². The lowest BCUT2D eigenvalue weighted by atomic mass is 10.2. The summed E-state index contributed by atoms with van der Waals surface area (Å²) in [6, 6.07) is 9.03. The third-order valence-electron chi connectivity index (χ3n) is 2.58. The predicted molar refractivity (Wildman–Crippen MR) is 70.0 cm³/mol. The average molecular weight is 278 g/mol. The van der Waals surface area contributed by atoms with Gasteiger partial charge in [-0.3, -0.25) is 4.79 Å². The van der Waals surface area contributed by atoms with Crippen LogP contribution in [0.4, 0.5) is 14.6 Å². The van der Waals surface area contributed by atoms with Gasteiger partial charge in [0.1, 0.15) is 11.6 Å². The first-order valence-corrected chi connectivity index (χ1v) is 5.84. The second-order valence-corrected chi connectivity index (χ2v) is 4.03. The average Bonchev–Trinajstić information content (AvgIpc) is 2.41. The quantitative estimate of drug-likeness (QED) is 0.934. The molecule has 0 radical (unpaired) electrons. The van der Waals surface area contributed by atoms with Crippen LogP contribution in [0.3, 0.4) is 0 Å². The van der Waals surface area contributed by atoms with Crippen molar-refractivity contribution >= 4 is 11.7 Å². The van der Waals surface area contributed by atoms with E-state index < -0.39 is 6.61 Å². The molecule has 4 nitrogen and oxygen atoms in total. The number of benzene rings is 1. The van der Waals surface area contributed by atoms with Crippen LogP contribution in [0.5, 0.6) is 5.75 Å². The van der Waals surface area contributed by atoms with Gasteiger partial charge in [-0.25, -0.2) is 4.98 Å². The molecule has 1 N–H and O–H groups in total. The molecule has 1 aromatic carbocycles. The molecule has 1 heterocycles. The third-order valence-corrected chi connectivity index (χ3v) is 2.58. The number of alkyl halides is 2. The number of nitrogens with zero attached hydrogens (tertiary/aromatic N) is 1. The van der Waals surface area contributed by atoms with Crippen LogP contribution in [0.2, 0.25) is 0 Å². The van der Waals surface area contributed by atoms with Gasteiger partial charge in [-0.1, -0.05) is 6.07 Å². The first kappa shape index (κ1) is 13.9. The van der Waals surface area contributed by atoms with E-state index in [1.165, 1.54) is 24.3 Å². The zero-order chi connectivity index (χ0) is 14.5. The molecule has 2 aromatic rings. The Morgan fingerprint density at radius 1 is 1.25 bits per heavy atom. The maximum atomic E-state index is 12.0. The second kappa shape index (κ2) is 6.10. The Morgan fingerprint density at radius 3 is 2.55 bits per heavy atom. The van der Waals surface area contributed by atoms with E-state index in [1.807, 2.05) is 13.0 Å². The first-order chi connectivity index (χ1) is 9.56. The topological polar surface area (TPSA) is 51.2 Å². The number of hydrogen-bond donors (Lipinski definition) is 1. The van der Waals surface area contributed by atoms with E-state index in [-0.39, 0.29) is 11.7 Å². The maximum absolute atomic E-state index is 12.0. The molecule has 0 saturated heterocycles. The summed E-state index contributed by atoms with van der Waals surface area (Å²) in [4.78, 5) is 16.0. The number of aryl methyl sites for hydroxylation is 1. The first-order valence-electron chi connectivity index (χ1n) is 5.84. The van der Waals surface area contributed by atoms with Crippen molar-refractivity contribution in [1.82, 2.24) is 4.98 Å². The Balaban J connectivity index is 2.08. The number of anilines is 1. The van der Waals surface area contributed by atoms with Gasteiger partial charge in [0.05, 0.1) is 0 Å². The van der Waals surface area contributed by atoms with E-state index in [4.69, 9.17) is 0 Å². The van der Waals surface area contributed by atoms with Crippen LogP contribution in [0, 0.1) is 6.92 Å². The van der Waals surface area contributed by atoms with Gasteiger partial charge in [0.25, 0.3) is 5.91 Å². The fourth-order valence-electron chi connectivity index (χ4n) is 1.58. The summed E-state index contributed by atoms with van der Waals surface area (Å²) in [5, 5.41) is 2.65. The van der Waals surface area contributed by atoms with Crippen molar-refractivity contribution in [1.29, 1.82) is 0 Å². The van der Waals surface area contributed by atoms with E-state index in [1.54, 1.807) is 12.3 Å². The molecule has 1 aromatic heterocycles. The summed E-state index contributed by atoms with van der Waals surface area (Å²) in [6.07, 6.45) is 1.57. The minimum atomic E-state index is -2.88. The van der Waals surface area contributed by atoms with E-state index in [9.17, 15) is 13.6 Å². The van der Waals surface area contributed by atoms with Gasteiger partial charge in [-0.05, 0) is 42.8 Å². The lowest BCUT2D eigenvalue weighted by Gasteiger charge is -2.08. The fraction of sp³-hybridized carbons (Fsp3) is 0.143. The Morgan fingerprint density at radius 2 is 1.95 bits per heavy atom. The molecule has 0 saturated carbocycles. The number of carbonyl (C=O) groups excluding carboxylic acids is 1. The Labute approximate surface area is 114 Å². The minimum absolute atomic E-state index is 0.00515. The normalized spacial score (nSPS) is 10.4. The predicted octanol–water partition coefficient (Wildman–Crippen LogP) is 3.24. The molecular weight excluding hydrogens is 266 g/mol. The van der Waals surface area contributed by atoms with Gasteiger partial charge in [0, 0.05) is 11.8 Å².